The topological polar surface area (TPSA) is 51.2 Å². The van der Waals surface area contributed by atoms with E-state index in [0.29, 0.717) is 18.9 Å². The molecule has 0 fully saturated rings. The Bertz CT molecular complexity index is 599. The first-order valence-electron chi connectivity index (χ1n) is 6.70. The maximum Gasteiger partial charge on any atom is 0.230 e. The Morgan fingerprint density at radius 2 is 2.33 bits per heavy atom. The Hall–Kier alpha value is -1.53. The van der Waals surface area contributed by atoms with E-state index in [1.54, 1.807) is 11.3 Å². The molecular formula is C15H18N2O2S2. The molecule has 0 aliphatic carbocycles. The summed E-state index contributed by atoms with van der Waals surface area (Å²) in [5.41, 5.74) is 2.03. The molecule has 4 nitrogen and oxygen atoms in total. The average molecular weight is 322 g/mol. The van der Waals surface area contributed by atoms with Crippen molar-refractivity contribution in [2.24, 2.45) is 0 Å². The van der Waals surface area contributed by atoms with Gasteiger partial charge in [0.05, 0.1) is 12.4 Å². The first-order chi connectivity index (χ1) is 10.2. The second kappa shape index (κ2) is 8.05. The largest absolute Gasteiger partial charge is 0.494 e. The van der Waals surface area contributed by atoms with Gasteiger partial charge in [-0.05, 0) is 31.5 Å². The Kier molecular flexibility index (Phi) is 6.07. The lowest BCUT2D eigenvalue weighted by Crippen LogP contribution is -2.24. The van der Waals surface area contributed by atoms with Crippen molar-refractivity contribution in [3.05, 3.63) is 40.9 Å². The third kappa shape index (κ3) is 5.40. The highest BCUT2D eigenvalue weighted by Gasteiger charge is 2.06. The number of carbonyl (C=O) groups excluding carboxylic acids is 1. The smallest absolute Gasteiger partial charge is 0.230 e. The number of ether oxygens (including phenoxy) is 1. The van der Waals surface area contributed by atoms with Crippen LogP contribution in [0.4, 0.5) is 0 Å². The Balaban J connectivity index is 1.77. The molecule has 1 aromatic heterocycles. The van der Waals surface area contributed by atoms with Gasteiger partial charge in [0.25, 0.3) is 0 Å². The molecule has 0 aliphatic heterocycles. The van der Waals surface area contributed by atoms with Crippen LogP contribution < -0.4 is 10.1 Å². The Morgan fingerprint density at radius 1 is 1.48 bits per heavy atom. The van der Waals surface area contributed by atoms with E-state index in [4.69, 9.17) is 4.74 Å². The first kappa shape index (κ1) is 15.9. The molecule has 0 saturated heterocycles. The molecule has 0 saturated carbocycles. The Morgan fingerprint density at radius 3 is 3.05 bits per heavy atom. The van der Waals surface area contributed by atoms with Crippen molar-refractivity contribution in [2.45, 2.75) is 24.7 Å². The monoisotopic (exact) mass is 322 g/mol. The van der Waals surface area contributed by atoms with Gasteiger partial charge in [0.1, 0.15) is 5.75 Å². The number of nitrogens with one attached hydrogen (secondary N) is 1. The van der Waals surface area contributed by atoms with Gasteiger partial charge < -0.3 is 10.1 Å². The van der Waals surface area contributed by atoms with Crippen LogP contribution in [0.1, 0.15) is 18.2 Å². The van der Waals surface area contributed by atoms with Gasteiger partial charge in [-0.1, -0.05) is 23.9 Å². The van der Waals surface area contributed by atoms with Crippen molar-refractivity contribution in [1.82, 2.24) is 10.3 Å². The second-order valence-corrected chi connectivity index (χ2v) is 6.48. The van der Waals surface area contributed by atoms with Crippen LogP contribution in [-0.4, -0.2) is 23.3 Å². The number of hydrogen-bond acceptors (Lipinski definition) is 5. The van der Waals surface area contributed by atoms with Crippen LogP contribution in [0, 0.1) is 6.92 Å². The van der Waals surface area contributed by atoms with Crippen LogP contribution in [0.15, 0.2) is 34.0 Å². The van der Waals surface area contributed by atoms with E-state index in [2.05, 4.69) is 10.3 Å². The van der Waals surface area contributed by atoms with E-state index in [9.17, 15) is 4.79 Å². The summed E-state index contributed by atoms with van der Waals surface area (Å²) in [7, 11) is 0. The number of hydrogen-bond donors (Lipinski definition) is 1. The summed E-state index contributed by atoms with van der Waals surface area (Å²) in [5, 5.41) is 4.89. The zero-order chi connectivity index (χ0) is 15.1. The van der Waals surface area contributed by atoms with Crippen molar-refractivity contribution in [1.29, 1.82) is 0 Å². The first-order valence-corrected chi connectivity index (χ1v) is 8.57. The van der Waals surface area contributed by atoms with Gasteiger partial charge in [-0.3, -0.25) is 4.79 Å². The molecule has 21 heavy (non-hydrogen) atoms. The van der Waals surface area contributed by atoms with Gasteiger partial charge in [-0.25, -0.2) is 4.98 Å². The standard InChI is InChI=1S/C15H18N2O2S2/c1-3-19-13-6-4-5-12(7-13)8-16-14(18)10-21-15-17-11(2)9-20-15/h4-7,9H,3,8,10H2,1-2H3,(H,16,18). The number of aryl methyl sites for hydroxylation is 1. The molecule has 2 rings (SSSR count). The van der Waals surface area contributed by atoms with Gasteiger partial charge in [-0.15, -0.1) is 11.3 Å². The molecule has 2 aromatic rings. The van der Waals surface area contributed by atoms with E-state index in [0.717, 1.165) is 21.3 Å². The summed E-state index contributed by atoms with van der Waals surface area (Å²) in [4.78, 5) is 16.1. The van der Waals surface area contributed by atoms with E-state index < -0.39 is 0 Å². The summed E-state index contributed by atoms with van der Waals surface area (Å²) in [6.07, 6.45) is 0. The summed E-state index contributed by atoms with van der Waals surface area (Å²) < 4.78 is 6.37. The number of benzene rings is 1. The van der Waals surface area contributed by atoms with Gasteiger partial charge in [0.2, 0.25) is 5.91 Å². The van der Waals surface area contributed by atoms with Crippen LogP contribution in [0.2, 0.25) is 0 Å². The van der Waals surface area contributed by atoms with Crippen molar-refractivity contribution in [3.63, 3.8) is 0 Å². The number of carbonyl (C=O) groups is 1. The quantitative estimate of drug-likeness (QED) is 0.795. The summed E-state index contributed by atoms with van der Waals surface area (Å²) >= 11 is 3.04. The molecular weight excluding hydrogens is 304 g/mol. The number of thiazole rings is 1. The lowest BCUT2D eigenvalue weighted by Gasteiger charge is -2.07. The normalized spacial score (nSPS) is 10.4. The number of nitrogens with zero attached hydrogens (tertiary/aromatic N) is 1. The van der Waals surface area contributed by atoms with Crippen molar-refractivity contribution in [2.75, 3.05) is 12.4 Å². The molecule has 0 spiro atoms. The van der Waals surface area contributed by atoms with Gasteiger partial charge in [-0.2, -0.15) is 0 Å². The third-order valence-electron chi connectivity index (χ3n) is 2.62. The lowest BCUT2D eigenvalue weighted by atomic mass is 10.2. The molecule has 0 atom stereocenters. The van der Waals surface area contributed by atoms with E-state index in [1.807, 2.05) is 43.5 Å². The molecule has 1 amide bonds. The highest BCUT2D eigenvalue weighted by molar-refractivity contribution is 8.01. The van der Waals surface area contributed by atoms with E-state index in [-0.39, 0.29) is 5.91 Å². The van der Waals surface area contributed by atoms with E-state index >= 15 is 0 Å². The molecule has 1 heterocycles. The maximum atomic E-state index is 11.8. The second-order valence-electron chi connectivity index (χ2n) is 4.40. The van der Waals surface area contributed by atoms with Crippen molar-refractivity contribution < 1.29 is 9.53 Å². The zero-order valence-corrected chi connectivity index (χ0v) is 13.7. The fraction of sp³-hybridized carbons (Fsp3) is 0.333. The molecule has 1 aromatic carbocycles. The fourth-order valence-electron chi connectivity index (χ4n) is 1.69. The van der Waals surface area contributed by atoms with Crippen LogP contribution in [-0.2, 0) is 11.3 Å². The molecule has 112 valence electrons. The predicted octanol–water partition coefficient (Wildman–Crippen LogP) is 3.26. The third-order valence-corrected chi connectivity index (χ3v) is 4.76. The fourth-order valence-corrected chi connectivity index (χ4v) is 3.37. The van der Waals surface area contributed by atoms with Crippen molar-refractivity contribution >= 4 is 29.0 Å². The Labute approximate surface area is 132 Å². The SMILES string of the molecule is CCOc1cccc(CNC(=O)CSc2nc(C)cs2)c1. The van der Waals surface area contributed by atoms with Gasteiger partial charge in [0.15, 0.2) is 4.34 Å². The van der Waals surface area contributed by atoms with Crippen molar-refractivity contribution in [3.8, 4) is 5.75 Å². The lowest BCUT2D eigenvalue weighted by molar-refractivity contribution is -0.118. The number of amides is 1. The minimum Gasteiger partial charge on any atom is -0.494 e. The van der Waals surface area contributed by atoms with Gasteiger partial charge >= 0.3 is 0 Å². The highest BCUT2D eigenvalue weighted by atomic mass is 32.2. The summed E-state index contributed by atoms with van der Waals surface area (Å²) in [6, 6.07) is 7.76. The number of thioether (sulfide) groups is 1. The summed E-state index contributed by atoms with van der Waals surface area (Å²) in [6.45, 7) is 5.05. The van der Waals surface area contributed by atoms with Crippen LogP contribution >= 0.6 is 23.1 Å². The van der Waals surface area contributed by atoms with Crippen LogP contribution in [0.5, 0.6) is 5.75 Å². The maximum absolute atomic E-state index is 11.8. The van der Waals surface area contributed by atoms with E-state index in [1.165, 1.54) is 11.8 Å². The van der Waals surface area contributed by atoms with Crippen LogP contribution in [0.25, 0.3) is 0 Å². The molecule has 6 heteroatoms. The molecule has 1 N–H and O–H groups in total. The minimum absolute atomic E-state index is 0.00895. The number of aromatic nitrogens is 1. The highest BCUT2D eigenvalue weighted by Crippen LogP contribution is 2.21. The van der Waals surface area contributed by atoms with Crippen LogP contribution in [0.3, 0.4) is 0 Å². The number of rotatable bonds is 7. The molecule has 0 unspecified atom stereocenters. The molecule has 0 bridgehead atoms. The molecule has 0 radical (unpaired) electrons. The molecule has 0 aliphatic rings. The predicted molar refractivity (Wildman–Crippen MR) is 87.0 cm³/mol. The summed E-state index contributed by atoms with van der Waals surface area (Å²) in [5.74, 6) is 1.23. The average Bonchev–Trinajstić information content (AvgIpc) is 2.89. The van der Waals surface area contributed by atoms with Gasteiger partial charge in [0, 0.05) is 17.6 Å². The minimum atomic E-state index is 0.00895. The zero-order valence-electron chi connectivity index (χ0n) is 12.1.